The van der Waals surface area contributed by atoms with Crippen LogP contribution in [0, 0.1) is 0 Å². The number of piperidine rings is 1. The lowest BCUT2D eigenvalue weighted by atomic mass is 9.85. The van der Waals surface area contributed by atoms with Crippen LogP contribution in [0.1, 0.15) is 18.5 Å². The maximum absolute atomic E-state index is 11.0. The zero-order valence-electron chi connectivity index (χ0n) is 12.0. The lowest BCUT2D eigenvalue weighted by molar-refractivity contribution is -0.0225. The summed E-state index contributed by atoms with van der Waals surface area (Å²) in [6.07, 6.45) is 3.16. The fourth-order valence-electron chi connectivity index (χ4n) is 3.16. The van der Waals surface area contributed by atoms with Crippen LogP contribution in [0.3, 0.4) is 0 Å². The van der Waals surface area contributed by atoms with Crippen LogP contribution in [0.5, 0.6) is 11.5 Å². The van der Waals surface area contributed by atoms with E-state index >= 15 is 0 Å². The zero-order chi connectivity index (χ0) is 14.4. The molecule has 2 aliphatic heterocycles. The van der Waals surface area contributed by atoms with Gasteiger partial charge in [-0.2, -0.15) is 0 Å². The summed E-state index contributed by atoms with van der Waals surface area (Å²) in [7, 11) is 2.08. The van der Waals surface area contributed by atoms with Crippen LogP contribution >= 0.6 is 0 Å². The second kappa shape index (κ2) is 4.58. The Morgan fingerprint density at radius 1 is 1.19 bits per heavy atom. The van der Waals surface area contributed by atoms with Gasteiger partial charge in [0.05, 0.1) is 5.69 Å². The van der Waals surface area contributed by atoms with Crippen molar-refractivity contribution in [2.45, 2.75) is 18.4 Å². The number of aromatic nitrogens is 1. The lowest BCUT2D eigenvalue weighted by Gasteiger charge is -2.36. The molecule has 110 valence electrons. The average molecular weight is 286 g/mol. The van der Waals surface area contributed by atoms with Crippen LogP contribution in [-0.2, 0) is 5.60 Å². The molecule has 2 aromatic rings. The molecular weight excluding hydrogens is 268 g/mol. The van der Waals surface area contributed by atoms with Gasteiger partial charge in [-0.05, 0) is 43.5 Å². The highest BCUT2D eigenvalue weighted by atomic mass is 16.7. The molecule has 1 saturated heterocycles. The van der Waals surface area contributed by atoms with Gasteiger partial charge in [0.2, 0.25) is 6.79 Å². The van der Waals surface area contributed by atoms with E-state index in [9.17, 15) is 5.11 Å². The SMILES string of the molecule is CN1CCC(O)(c2nccc3cc4c(cc23)OCO4)CC1. The highest BCUT2D eigenvalue weighted by molar-refractivity contribution is 5.88. The molecule has 0 spiro atoms. The van der Waals surface area contributed by atoms with Crippen molar-refractivity contribution in [2.24, 2.45) is 0 Å². The first-order valence-electron chi connectivity index (χ1n) is 7.25. The van der Waals surface area contributed by atoms with E-state index in [2.05, 4.69) is 16.9 Å². The second-order valence-electron chi connectivity index (χ2n) is 5.92. The van der Waals surface area contributed by atoms with Crippen molar-refractivity contribution in [3.8, 4) is 11.5 Å². The molecule has 1 aromatic heterocycles. The summed E-state index contributed by atoms with van der Waals surface area (Å²) >= 11 is 0. The third-order valence-corrected chi connectivity index (χ3v) is 4.51. The topological polar surface area (TPSA) is 54.8 Å². The molecule has 2 aliphatic rings. The van der Waals surface area contributed by atoms with E-state index in [0.29, 0.717) is 12.8 Å². The Labute approximate surface area is 123 Å². The predicted molar refractivity (Wildman–Crippen MR) is 78.5 cm³/mol. The van der Waals surface area contributed by atoms with Gasteiger partial charge in [-0.15, -0.1) is 0 Å². The summed E-state index contributed by atoms with van der Waals surface area (Å²) in [6, 6.07) is 5.84. The molecule has 0 saturated carbocycles. The smallest absolute Gasteiger partial charge is 0.231 e. The molecule has 5 nitrogen and oxygen atoms in total. The Balaban J connectivity index is 1.85. The first-order valence-corrected chi connectivity index (χ1v) is 7.25. The maximum atomic E-state index is 11.0. The van der Waals surface area contributed by atoms with E-state index in [1.165, 1.54) is 0 Å². The molecule has 0 radical (unpaired) electrons. The van der Waals surface area contributed by atoms with Crippen molar-refractivity contribution < 1.29 is 14.6 Å². The number of likely N-dealkylation sites (tertiary alicyclic amines) is 1. The number of ether oxygens (including phenoxy) is 2. The second-order valence-corrected chi connectivity index (χ2v) is 5.92. The standard InChI is InChI=1S/C16H18N2O3/c1-18-6-3-16(19,4-7-18)15-12-9-14-13(20-10-21-14)8-11(12)2-5-17-15/h2,5,8-9,19H,3-4,6-7,10H2,1H3. The molecule has 5 heteroatoms. The Kier molecular flexibility index (Phi) is 2.80. The molecule has 0 bridgehead atoms. The minimum absolute atomic E-state index is 0.253. The van der Waals surface area contributed by atoms with Crippen LogP contribution in [0.2, 0.25) is 0 Å². The number of aliphatic hydroxyl groups is 1. The third kappa shape index (κ3) is 2.04. The molecule has 4 rings (SSSR count). The Hall–Kier alpha value is -1.85. The zero-order valence-corrected chi connectivity index (χ0v) is 12.0. The van der Waals surface area contributed by atoms with Crippen molar-refractivity contribution in [2.75, 3.05) is 26.9 Å². The molecule has 1 fully saturated rings. The summed E-state index contributed by atoms with van der Waals surface area (Å²) in [6.45, 7) is 2.00. The number of benzene rings is 1. The molecule has 0 unspecified atom stereocenters. The molecule has 1 N–H and O–H groups in total. The Morgan fingerprint density at radius 3 is 2.67 bits per heavy atom. The molecular formula is C16H18N2O3. The van der Waals surface area contributed by atoms with Gasteiger partial charge in [0, 0.05) is 24.7 Å². The van der Waals surface area contributed by atoms with Gasteiger partial charge < -0.3 is 19.5 Å². The van der Waals surface area contributed by atoms with Crippen molar-refractivity contribution in [3.05, 3.63) is 30.1 Å². The highest BCUT2D eigenvalue weighted by Crippen LogP contribution is 2.41. The number of pyridine rings is 1. The van der Waals surface area contributed by atoms with Crippen LogP contribution in [0.4, 0.5) is 0 Å². The Morgan fingerprint density at radius 2 is 1.90 bits per heavy atom. The van der Waals surface area contributed by atoms with E-state index in [-0.39, 0.29) is 6.79 Å². The third-order valence-electron chi connectivity index (χ3n) is 4.51. The fraction of sp³-hybridized carbons (Fsp3) is 0.438. The number of nitrogens with zero attached hydrogens (tertiary/aromatic N) is 2. The normalized spacial score (nSPS) is 20.9. The summed E-state index contributed by atoms with van der Waals surface area (Å²) in [5.74, 6) is 1.49. The van der Waals surface area contributed by atoms with Crippen LogP contribution in [-0.4, -0.2) is 41.9 Å². The number of rotatable bonds is 1. The first kappa shape index (κ1) is 12.9. The molecule has 1 aromatic carbocycles. The first-order chi connectivity index (χ1) is 10.2. The van der Waals surface area contributed by atoms with Crippen molar-refractivity contribution in [3.63, 3.8) is 0 Å². The summed E-state index contributed by atoms with van der Waals surface area (Å²) < 4.78 is 10.9. The van der Waals surface area contributed by atoms with Gasteiger partial charge >= 0.3 is 0 Å². The van der Waals surface area contributed by atoms with Gasteiger partial charge in [0.1, 0.15) is 5.60 Å². The van der Waals surface area contributed by atoms with E-state index < -0.39 is 5.60 Å². The van der Waals surface area contributed by atoms with Crippen molar-refractivity contribution in [1.82, 2.24) is 9.88 Å². The van der Waals surface area contributed by atoms with Gasteiger partial charge in [-0.1, -0.05) is 0 Å². The van der Waals surface area contributed by atoms with Crippen molar-refractivity contribution >= 4 is 10.8 Å². The van der Waals surface area contributed by atoms with Gasteiger partial charge in [0.25, 0.3) is 0 Å². The molecule has 21 heavy (non-hydrogen) atoms. The van der Waals surface area contributed by atoms with E-state index in [1.807, 2.05) is 18.2 Å². The molecule has 0 aliphatic carbocycles. The minimum atomic E-state index is -0.861. The van der Waals surface area contributed by atoms with Gasteiger partial charge in [-0.25, -0.2) is 0 Å². The van der Waals surface area contributed by atoms with E-state index in [4.69, 9.17) is 9.47 Å². The van der Waals surface area contributed by atoms with Crippen molar-refractivity contribution in [1.29, 1.82) is 0 Å². The predicted octanol–water partition coefficient (Wildman–Crippen LogP) is 1.88. The largest absolute Gasteiger partial charge is 0.454 e. The van der Waals surface area contributed by atoms with Gasteiger partial charge in [0.15, 0.2) is 11.5 Å². The quantitative estimate of drug-likeness (QED) is 0.867. The summed E-state index contributed by atoms with van der Waals surface area (Å²) in [5.41, 5.74) is -0.105. The maximum Gasteiger partial charge on any atom is 0.231 e. The molecule has 0 atom stereocenters. The van der Waals surface area contributed by atoms with Crippen LogP contribution in [0.15, 0.2) is 24.4 Å². The van der Waals surface area contributed by atoms with Crippen LogP contribution in [0.25, 0.3) is 10.8 Å². The monoisotopic (exact) mass is 286 g/mol. The van der Waals surface area contributed by atoms with E-state index in [0.717, 1.165) is 41.1 Å². The number of hydrogen-bond donors (Lipinski definition) is 1. The average Bonchev–Trinajstić information content (AvgIpc) is 2.95. The molecule has 3 heterocycles. The Bertz CT molecular complexity index is 693. The summed E-state index contributed by atoms with van der Waals surface area (Å²) in [4.78, 5) is 6.72. The fourth-order valence-corrected chi connectivity index (χ4v) is 3.16. The lowest BCUT2D eigenvalue weighted by Crippen LogP contribution is -2.41. The number of hydrogen-bond acceptors (Lipinski definition) is 5. The number of fused-ring (bicyclic) bond motifs is 2. The minimum Gasteiger partial charge on any atom is -0.454 e. The van der Waals surface area contributed by atoms with Crippen LogP contribution < -0.4 is 9.47 Å². The van der Waals surface area contributed by atoms with Gasteiger partial charge in [-0.3, -0.25) is 4.98 Å². The summed E-state index contributed by atoms with van der Waals surface area (Å²) in [5, 5.41) is 13.0. The highest BCUT2D eigenvalue weighted by Gasteiger charge is 2.36. The molecule has 0 amide bonds. The van der Waals surface area contributed by atoms with E-state index in [1.54, 1.807) is 6.20 Å².